The Labute approximate surface area is 193 Å². The fourth-order valence-corrected chi connectivity index (χ4v) is 6.77. The lowest BCUT2D eigenvalue weighted by atomic mass is 9.75. The van der Waals surface area contributed by atoms with Crippen LogP contribution in [-0.4, -0.2) is 66.2 Å². The zero-order valence-electron chi connectivity index (χ0n) is 19.4. The number of hydrogen-bond acceptors (Lipinski definition) is 7. The zero-order valence-corrected chi connectivity index (χ0v) is 20.2. The summed E-state index contributed by atoms with van der Waals surface area (Å²) in [5, 5.41) is 0.447. The maximum absolute atomic E-state index is 13.3. The third kappa shape index (κ3) is 3.25. The second kappa shape index (κ2) is 8.71. The Morgan fingerprint density at radius 3 is 2.66 bits per heavy atom. The number of benzene rings is 1. The summed E-state index contributed by atoms with van der Waals surface area (Å²) in [6.45, 7) is 4.97. The van der Waals surface area contributed by atoms with Crippen LogP contribution in [0, 0.1) is 11.8 Å². The van der Waals surface area contributed by atoms with E-state index < -0.39 is 23.3 Å². The van der Waals surface area contributed by atoms with Crippen LogP contribution in [0.4, 0.5) is 0 Å². The number of thioether (sulfide) groups is 1. The molecule has 0 bridgehead atoms. The van der Waals surface area contributed by atoms with Crippen LogP contribution in [0.2, 0.25) is 0 Å². The Bertz CT molecular complexity index is 937. The smallest absolute Gasteiger partial charge is 0.327 e. The summed E-state index contributed by atoms with van der Waals surface area (Å²) >= 11 is 1.76. The van der Waals surface area contributed by atoms with Crippen molar-refractivity contribution in [1.82, 2.24) is 9.80 Å². The standard InChI is InChI=1S/C24H32N2O5S/c1-6-14(2)32-17-10-9-15(13-16(17)30-4)20-18-19(22(28)25(3)21(18)27)24(23(29)31-5)11-7-8-12-26(20)24/h9-10,13-14,18-20H,6-8,11-12H2,1-5H3/t14?,18-,19-,20-,24+/m1/s1. The highest BCUT2D eigenvalue weighted by atomic mass is 32.2. The molecule has 0 N–H and O–H groups in total. The van der Waals surface area contributed by atoms with Gasteiger partial charge >= 0.3 is 5.97 Å². The first-order valence-electron chi connectivity index (χ1n) is 11.3. The van der Waals surface area contributed by atoms with E-state index in [1.165, 1.54) is 19.1 Å². The van der Waals surface area contributed by atoms with Crippen molar-refractivity contribution in [3.05, 3.63) is 23.8 Å². The Hall–Kier alpha value is -2.06. The van der Waals surface area contributed by atoms with E-state index in [2.05, 4.69) is 18.7 Å². The van der Waals surface area contributed by atoms with Crippen LogP contribution in [0.15, 0.2) is 23.1 Å². The van der Waals surface area contributed by atoms with Crippen molar-refractivity contribution < 1.29 is 23.9 Å². The molecule has 0 spiro atoms. The Balaban J connectivity index is 1.84. The number of piperidine rings is 1. The molecule has 3 aliphatic rings. The van der Waals surface area contributed by atoms with E-state index in [0.29, 0.717) is 18.2 Å². The zero-order chi connectivity index (χ0) is 23.2. The molecule has 32 heavy (non-hydrogen) atoms. The minimum Gasteiger partial charge on any atom is -0.496 e. The maximum Gasteiger partial charge on any atom is 0.327 e. The van der Waals surface area contributed by atoms with Gasteiger partial charge in [-0.15, -0.1) is 11.8 Å². The number of imide groups is 1. The highest BCUT2D eigenvalue weighted by Crippen LogP contribution is 2.58. The van der Waals surface area contributed by atoms with E-state index in [1.807, 2.05) is 18.2 Å². The molecule has 4 rings (SSSR count). The van der Waals surface area contributed by atoms with Gasteiger partial charge in [0.05, 0.1) is 26.1 Å². The first-order chi connectivity index (χ1) is 15.3. The fraction of sp³-hybridized carbons (Fsp3) is 0.625. The molecule has 8 heteroatoms. The molecule has 7 nitrogen and oxygen atoms in total. The average molecular weight is 461 g/mol. The van der Waals surface area contributed by atoms with Gasteiger partial charge in [-0.2, -0.15) is 0 Å². The number of amides is 2. The van der Waals surface area contributed by atoms with Crippen molar-refractivity contribution in [3.8, 4) is 5.75 Å². The third-order valence-electron chi connectivity index (χ3n) is 7.45. The number of fused-ring (bicyclic) bond motifs is 3. The summed E-state index contributed by atoms with van der Waals surface area (Å²) in [4.78, 5) is 44.0. The van der Waals surface area contributed by atoms with Gasteiger partial charge in [-0.3, -0.25) is 24.2 Å². The van der Waals surface area contributed by atoms with Crippen molar-refractivity contribution in [2.75, 3.05) is 27.8 Å². The summed E-state index contributed by atoms with van der Waals surface area (Å²) in [5.41, 5.74) is -0.202. The van der Waals surface area contributed by atoms with Crippen LogP contribution in [0.5, 0.6) is 5.75 Å². The first-order valence-corrected chi connectivity index (χ1v) is 12.2. The number of nitrogens with zero attached hydrogens (tertiary/aromatic N) is 2. The third-order valence-corrected chi connectivity index (χ3v) is 8.78. The molecule has 0 saturated carbocycles. The molecule has 174 valence electrons. The van der Waals surface area contributed by atoms with Crippen LogP contribution in [0.3, 0.4) is 0 Å². The summed E-state index contributed by atoms with van der Waals surface area (Å²) in [6, 6.07) is 5.65. The minimum atomic E-state index is -1.10. The number of carbonyl (C=O) groups excluding carboxylic acids is 3. The predicted molar refractivity (Wildman–Crippen MR) is 121 cm³/mol. The average Bonchev–Trinajstić information content (AvgIpc) is 3.25. The lowest BCUT2D eigenvalue weighted by Gasteiger charge is -2.44. The van der Waals surface area contributed by atoms with Crippen molar-refractivity contribution >= 4 is 29.5 Å². The SMILES string of the molecule is CCC(C)Sc1ccc([C@@H]2[C@@H]3C(=O)N(C)C(=O)[C@@H]3[C@]3(C(=O)OC)CCCCN23)cc1OC. The van der Waals surface area contributed by atoms with Gasteiger partial charge in [0, 0.05) is 23.2 Å². The second-order valence-corrected chi connectivity index (χ2v) is 10.5. The molecule has 1 unspecified atom stereocenters. The molecule has 1 aromatic rings. The Morgan fingerprint density at radius 2 is 2.00 bits per heavy atom. The van der Waals surface area contributed by atoms with E-state index in [-0.39, 0.29) is 17.9 Å². The number of ether oxygens (including phenoxy) is 2. The fourth-order valence-electron chi connectivity index (χ4n) is 5.77. The topological polar surface area (TPSA) is 76.2 Å². The van der Waals surface area contributed by atoms with E-state index in [1.54, 1.807) is 18.9 Å². The van der Waals surface area contributed by atoms with Gasteiger partial charge in [0.25, 0.3) is 0 Å². The molecule has 3 fully saturated rings. The number of likely N-dealkylation sites (tertiary alicyclic amines) is 1. The Kier molecular flexibility index (Phi) is 6.29. The molecular formula is C24H32N2O5S. The largest absolute Gasteiger partial charge is 0.496 e. The Morgan fingerprint density at radius 1 is 1.25 bits per heavy atom. The lowest BCUT2D eigenvalue weighted by molar-refractivity contribution is -0.163. The summed E-state index contributed by atoms with van der Waals surface area (Å²) in [7, 11) is 4.53. The van der Waals surface area contributed by atoms with E-state index in [4.69, 9.17) is 9.47 Å². The molecule has 0 aliphatic carbocycles. The van der Waals surface area contributed by atoms with Crippen molar-refractivity contribution in [2.24, 2.45) is 11.8 Å². The lowest BCUT2D eigenvalue weighted by Crippen LogP contribution is -2.59. The molecule has 0 radical (unpaired) electrons. The number of methoxy groups -OCH3 is 2. The first kappa shape index (κ1) is 23.1. The number of carbonyl (C=O) groups is 3. The molecular weight excluding hydrogens is 428 g/mol. The van der Waals surface area contributed by atoms with Gasteiger partial charge in [0.2, 0.25) is 11.8 Å². The second-order valence-electron chi connectivity index (χ2n) is 9.00. The highest BCUT2D eigenvalue weighted by Gasteiger charge is 2.72. The van der Waals surface area contributed by atoms with Crippen LogP contribution in [0.25, 0.3) is 0 Å². The molecule has 2 amide bonds. The van der Waals surface area contributed by atoms with Gasteiger partial charge in [0.1, 0.15) is 11.3 Å². The normalized spacial score (nSPS) is 30.8. The summed E-state index contributed by atoms with van der Waals surface area (Å²) < 4.78 is 10.9. The molecule has 5 atom stereocenters. The van der Waals surface area contributed by atoms with Crippen LogP contribution >= 0.6 is 11.8 Å². The van der Waals surface area contributed by atoms with Gasteiger partial charge in [-0.1, -0.05) is 19.9 Å². The molecule has 0 aromatic heterocycles. The van der Waals surface area contributed by atoms with Crippen LogP contribution < -0.4 is 4.74 Å². The quantitative estimate of drug-likeness (QED) is 0.366. The number of hydrogen-bond donors (Lipinski definition) is 0. The van der Waals surface area contributed by atoms with E-state index in [9.17, 15) is 14.4 Å². The van der Waals surface area contributed by atoms with Gasteiger partial charge in [-0.25, -0.2) is 0 Å². The molecule has 1 aromatic carbocycles. The predicted octanol–water partition coefficient (Wildman–Crippen LogP) is 3.27. The van der Waals surface area contributed by atoms with Crippen LogP contribution in [-0.2, 0) is 19.1 Å². The molecule has 3 heterocycles. The van der Waals surface area contributed by atoms with E-state index in [0.717, 1.165) is 35.5 Å². The van der Waals surface area contributed by atoms with Crippen molar-refractivity contribution in [1.29, 1.82) is 0 Å². The number of esters is 1. The van der Waals surface area contributed by atoms with Crippen LogP contribution in [0.1, 0.15) is 51.1 Å². The van der Waals surface area contributed by atoms with Gasteiger partial charge in [-0.05, 0) is 49.9 Å². The van der Waals surface area contributed by atoms with E-state index >= 15 is 0 Å². The molecule has 3 aliphatic heterocycles. The summed E-state index contributed by atoms with van der Waals surface area (Å²) in [6.07, 6.45) is 3.29. The van der Waals surface area contributed by atoms with Crippen molar-refractivity contribution in [2.45, 2.75) is 61.3 Å². The van der Waals surface area contributed by atoms with Crippen molar-refractivity contribution in [3.63, 3.8) is 0 Å². The van der Waals surface area contributed by atoms with Gasteiger partial charge in [0.15, 0.2) is 0 Å². The molecule has 3 saturated heterocycles. The monoisotopic (exact) mass is 460 g/mol. The summed E-state index contributed by atoms with van der Waals surface area (Å²) in [5.74, 6) is -1.50. The maximum atomic E-state index is 13.3. The highest BCUT2D eigenvalue weighted by molar-refractivity contribution is 8.00. The minimum absolute atomic E-state index is 0.222. The number of rotatable bonds is 6. The van der Waals surface area contributed by atoms with Gasteiger partial charge < -0.3 is 9.47 Å².